The SMILES string of the molecule is O=C(O)c1ccc(-n2nnnc2S[C@@H]2CCc3ccccc3C2=O)cc1. The second-order valence-electron chi connectivity index (χ2n) is 5.89. The van der Waals surface area contributed by atoms with E-state index in [0.717, 1.165) is 24.0 Å². The van der Waals surface area contributed by atoms with Crippen molar-refractivity contribution >= 4 is 23.5 Å². The lowest BCUT2D eigenvalue weighted by Crippen LogP contribution is -2.25. The molecule has 0 radical (unpaired) electrons. The van der Waals surface area contributed by atoms with Crippen LogP contribution in [0.4, 0.5) is 0 Å². The number of benzene rings is 2. The molecule has 0 unspecified atom stereocenters. The molecular weight excluding hydrogens is 352 g/mol. The fraction of sp³-hybridized carbons (Fsp3) is 0.167. The van der Waals surface area contributed by atoms with Crippen molar-refractivity contribution in [1.29, 1.82) is 0 Å². The van der Waals surface area contributed by atoms with Crippen LogP contribution in [0.2, 0.25) is 0 Å². The van der Waals surface area contributed by atoms with Crippen LogP contribution in [0.25, 0.3) is 5.69 Å². The van der Waals surface area contributed by atoms with Gasteiger partial charge in [-0.15, -0.1) is 5.10 Å². The van der Waals surface area contributed by atoms with Gasteiger partial charge in [0.1, 0.15) is 0 Å². The van der Waals surface area contributed by atoms with E-state index < -0.39 is 5.97 Å². The molecule has 1 aromatic heterocycles. The van der Waals surface area contributed by atoms with Crippen LogP contribution in [0.5, 0.6) is 0 Å². The zero-order valence-electron chi connectivity index (χ0n) is 13.6. The molecule has 3 aromatic rings. The summed E-state index contributed by atoms with van der Waals surface area (Å²) in [7, 11) is 0. The Morgan fingerprint density at radius 1 is 1.15 bits per heavy atom. The number of aryl methyl sites for hydroxylation is 1. The van der Waals surface area contributed by atoms with Crippen LogP contribution >= 0.6 is 11.8 Å². The molecule has 1 N–H and O–H groups in total. The number of carbonyl (C=O) groups is 2. The fourth-order valence-electron chi connectivity index (χ4n) is 2.97. The van der Waals surface area contributed by atoms with Crippen molar-refractivity contribution in [2.24, 2.45) is 0 Å². The fourth-order valence-corrected chi connectivity index (χ4v) is 4.02. The van der Waals surface area contributed by atoms with Crippen molar-refractivity contribution in [2.45, 2.75) is 23.2 Å². The summed E-state index contributed by atoms with van der Waals surface area (Å²) in [5.41, 5.74) is 2.68. The van der Waals surface area contributed by atoms with Gasteiger partial charge in [0.2, 0.25) is 5.16 Å². The molecule has 1 atom stereocenters. The summed E-state index contributed by atoms with van der Waals surface area (Å²) >= 11 is 1.34. The predicted molar refractivity (Wildman–Crippen MR) is 94.9 cm³/mol. The molecule has 0 saturated heterocycles. The highest BCUT2D eigenvalue weighted by molar-refractivity contribution is 8.00. The molecule has 0 fully saturated rings. The normalized spacial score (nSPS) is 16.3. The van der Waals surface area contributed by atoms with Gasteiger partial charge < -0.3 is 5.11 Å². The van der Waals surface area contributed by atoms with E-state index in [1.165, 1.54) is 28.6 Å². The number of aromatic nitrogens is 4. The number of carboxylic acid groups (broad SMARTS) is 1. The van der Waals surface area contributed by atoms with E-state index in [0.29, 0.717) is 10.8 Å². The number of ketones is 1. The summed E-state index contributed by atoms with van der Waals surface area (Å²) in [4.78, 5) is 23.7. The van der Waals surface area contributed by atoms with Gasteiger partial charge in [-0.3, -0.25) is 4.79 Å². The maximum atomic E-state index is 12.7. The number of carbonyl (C=O) groups excluding carboxylic acids is 1. The molecule has 0 amide bonds. The molecule has 8 heteroatoms. The summed E-state index contributed by atoms with van der Waals surface area (Å²) in [5.74, 6) is -0.901. The summed E-state index contributed by atoms with van der Waals surface area (Å²) in [6, 6.07) is 13.9. The minimum atomic E-state index is -0.991. The number of carboxylic acids is 1. The van der Waals surface area contributed by atoms with Gasteiger partial charge >= 0.3 is 5.97 Å². The molecule has 130 valence electrons. The summed E-state index contributed by atoms with van der Waals surface area (Å²) in [6.07, 6.45) is 1.57. The number of rotatable bonds is 4. The lowest BCUT2D eigenvalue weighted by Gasteiger charge is -2.22. The van der Waals surface area contributed by atoms with Crippen LogP contribution in [0.1, 0.15) is 32.7 Å². The Morgan fingerprint density at radius 2 is 1.92 bits per heavy atom. The van der Waals surface area contributed by atoms with Crippen LogP contribution in [-0.4, -0.2) is 42.3 Å². The number of Topliss-reactive ketones (excluding diaryl/α,β-unsaturated/α-hetero) is 1. The minimum Gasteiger partial charge on any atom is -0.478 e. The largest absolute Gasteiger partial charge is 0.478 e. The lowest BCUT2D eigenvalue weighted by molar-refractivity contribution is 0.0696. The van der Waals surface area contributed by atoms with Gasteiger partial charge in [0.25, 0.3) is 0 Å². The van der Waals surface area contributed by atoms with Gasteiger partial charge in [-0.05, 0) is 53.1 Å². The third-order valence-electron chi connectivity index (χ3n) is 4.30. The number of tetrazole rings is 1. The van der Waals surface area contributed by atoms with E-state index in [1.807, 2.05) is 24.3 Å². The maximum Gasteiger partial charge on any atom is 0.335 e. The number of fused-ring (bicyclic) bond motifs is 1. The molecule has 4 rings (SSSR count). The van der Waals surface area contributed by atoms with Crippen LogP contribution in [0.15, 0.2) is 53.7 Å². The Morgan fingerprint density at radius 3 is 2.69 bits per heavy atom. The molecular formula is C18H14N4O3S. The zero-order chi connectivity index (χ0) is 18.1. The van der Waals surface area contributed by atoms with E-state index >= 15 is 0 Å². The average molecular weight is 366 g/mol. The number of hydrogen-bond donors (Lipinski definition) is 1. The van der Waals surface area contributed by atoms with Gasteiger partial charge in [0.15, 0.2) is 5.78 Å². The third-order valence-corrected chi connectivity index (χ3v) is 5.50. The molecule has 2 aromatic carbocycles. The van der Waals surface area contributed by atoms with E-state index in [1.54, 1.807) is 12.1 Å². The first-order chi connectivity index (χ1) is 12.6. The Kier molecular flexibility index (Phi) is 4.26. The molecule has 0 spiro atoms. The van der Waals surface area contributed by atoms with Crippen molar-refractivity contribution in [1.82, 2.24) is 20.2 Å². The first-order valence-electron chi connectivity index (χ1n) is 8.04. The number of aromatic carboxylic acids is 1. The molecule has 26 heavy (non-hydrogen) atoms. The van der Waals surface area contributed by atoms with Crippen LogP contribution in [0.3, 0.4) is 0 Å². The second-order valence-corrected chi connectivity index (χ2v) is 7.06. The topological polar surface area (TPSA) is 98.0 Å². The van der Waals surface area contributed by atoms with Crippen LogP contribution in [-0.2, 0) is 6.42 Å². The van der Waals surface area contributed by atoms with E-state index in [-0.39, 0.29) is 16.6 Å². The Hall–Kier alpha value is -3.00. The van der Waals surface area contributed by atoms with Crippen molar-refractivity contribution in [3.63, 3.8) is 0 Å². The van der Waals surface area contributed by atoms with Crippen LogP contribution < -0.4 is 0 Å². The minimum absolute atomic E-state index is 0.0904. The molecule has 0 bridgehead atoms. The maximum absolute atomic E-state index is 12.7. The summed E-state index contributed by atoms with van der Waals surface area (Å²) in [6.45, 7) is 0. The summed E-state index contributed by atoms with van der Waals surface area (Å²) in [5, 5.41) is 21.0. The van der Waals surface area contributed by atoms with Crippen LogP contribution in [0, 0.1) is 0 Å². The highest BCUT2D eigenvalue weighted by Crippen LogP contribution is 2.33. The van der Waals surface area contributed by atoms with Crippen molar-refractivity contribution < 1.29 is 14.7 Å². The van der Waals surface area contributed by atoms with Gasteiger partial charge in [0, 0.05) is 5.56 Å². The van der Waals surface area contributed by atoms with E-state index in [9.17, 15) is 9.59 Å². The zero-order valence-corrected chi connectivity index (χ0v) is 14.4. The number of thioether (sulfide) groups is 1. The van der Waals surface area contributed by atoms with Gasteiger partial charge in [-0.1, -0.05) is 36.0 Å². The molecule has 1 aliphatic rings. The Labute approximate surface area is 153 Å². The van der Waals surface area contributed by atoms with Crippen molar-refractivity contribution in [3.8, 4) is 5.69 Å². The standard InChI is InChI=1S/C18H14N4O3S/c23-16-14-4-2-1-3-11(14)7-10-15(16)26-18-19-20-21-22(18)13-8-5-12(6-9-13)17(24)25/h1-6,8-9,15H,7,10H2,(H,24,25)/t15-/m1/s1. The quantitative estimate of drug-likeness (QED) is 0.758. The smallest absolute Gasteiger partial charge is 0.335 e. The van der Waals surface area contributed by atoms with Gasteiger partial charge in [0.05, 0.1) is 16.5 Å². The lowest BCUT2D eigenvalue weighted by atomic mass is 9.90. The summed E-state index contributed by atoms with van der Waals surface area (Å²) < 4.78 is 1.52. The van der Waals surface area contributed by atoms with E-state index in [4.69, 9.17) is 5.11 Å². The van der Waals surface area contributed by atoms with E-state index in [2.05, 4.69) is 15.5 Å². The van der Waals surface area contributed by atoms with Gasteiger partial charge in [-0.2, -0.15) is 4.68 Å². The average Bonchev–Trinajstić information content (AvgIpc) is 3.12. The highest BCUT2D eigenvalue weighted by Gasteiger charge is 2.29. The number of hydrogen-bond acceptors (Lipinski definition) is 6. The monoisotopic (exact) mass is 366 g/mol. The first-order valence-corrected chi connectivity index (χ1v) is 8.92. The molecule has 1 heterocycles. The molecule has 0 saturated carbocycles. The molecule has 1 aliphatic carbocycles. The first kappa shape index (κ1) is 16.5. The highest BCUT2D eigenvalue weighted by atomic mass is 32.2. The predicted octanol–water partition coefficient (Wildman–Crippen LogP) is 2.65. The second kappa shape index (κ2) is 6.72. The number of nitrogens with zero attached hydrogens (tertiary/aromatic N) is 4. The molecule has 7 nitrogen and oxygen atoms in total. The van der Waals surface area contributed by atoms with Gasteiger partial charge in [-0.25, -0.2) is 4.79 Å². The Balaban J connectivity index is 1.58. The molecule has 0 aliphatic heterocycles. The Bertz CT molecular complexity index is 984. The van der Waals surface area contributed by atoms with Crippen molar-refractivity contribution in [3.05, 3.63) is 65.2 Å². The van der Waals surface area contributed by atoms with Crippen molar-refractivity contribution in [2.75, 3.05) is 0 Å². The third kappa shape index (κ3) is 2.99.